The molecule has 0 spiro atoms. The lowest BCUT2D eigenvalue weighted by Crippen LogP contribution is -2.73. The predicted octanol–water partition coefficient (Wildman–Crippen LogP) is 1.42. The summed E-state index contributed by atoms with van der Waals surface area (Å²) >= 11 is 0. The Balaban J connectivity index is 1.63. The topological polar surface area (TPSA) is 49.3 Å². The van der Waals surface area contributed by atoms with E-state index in [4.69, 9.17) is 9.47 Å². The smallest absolute Gasteiger partial charge is 0.194 e. The average Bonchev–Trinajstić information content (AvgIpc) is 3.12. The van der Waals surface area contributed by atoms with Crippen LogP contribution in [0, 0.1) is 11.3 Å². The summed E-state index contributed by atoms with van der Waals surface area (Å²) in [5.74, 6) is 1.63. The molecule has 6 heteroatoms. The number of nitrogens with one attached hydrogen (secondary N) is 1. The lowest BCUT2D eigenvalue weighted by molar-refractivity contribution is -0.0672. The van der Waals surface area contributed by atoms with E-state index in [2.05, 4.69) is 47.8 Å². The quantitative estimate of drug-likeness (QED) is 0.613. The van der Waals surface area contributed by atoms with Crippen LogP contribution in [-0.4, -0.2) is 87.0 Å². The summed E-state index contributed by atoms with van der Waals surface area (Å²) in [5, 5.41) is 3.68. The van der Waals surface area contributed by atoms with E-state index in [1.54, 1.807) is 0 Å². The predicted molar refractivity (Wildman–Crippen MR) is 101 cm³/mol. The van der Waals surface area contributed by atoms with Gasteiger partial charge in [0.1, 0.15) is 0 Å². The van der Waals surface area contributed by atoms with Crippen LogP contribution < -0.4 is 5.32 Å². The lowest BCUT2D eigenvalue weighted by atomic mass is 9.65. The number of hydrogen-bond donors (Lipinski definition) is 1. The van der Waals surface area contributed by atoms with E-state index in [-0.39, 0.29) is 5.54 Å². The van der Waals surface area contributed by atoms with Crippen LogP contribution in [0.2, 0.25) is 0 Å². The molecule has 2 atom stereocenters. The highest BCUT2D eigenvalue weighted by Crippen LogP contribution is 2.46. The number of ether oxygens (including phenoxy) is 2. The number of morpholine rings is 1. The van der Waals surface area contributed by atoms with Crippen LogP contribution in [0.3, 0.4) is 0 Å². The van der Waals surface area contributed by atoms with E-state index in [0.29, 0.717) is 17.4 Å². The van der Waals surface area contributed by atoms with E-state index in [9.17, 15) is 0 Å². The van der Waals surface area contributed by atoms with Gasteiger partial charge in [-0.15, -0.1) is 0 Å². The molecule has 144 valence electrons. The van der Waals surface area contributed by atoms with Crippen LogP contribution >= 0.6 is 0 Å². The van der Waals surface area contributed by atoms with Crippen molar-refractivity contribution >= 4 is 5.96 Å². The van der Waals surface area contributed by atoms with Gasteiger partial charge in [0.2, 0.25) is 0 Å². The summed E-state index contributed by atoms with van der Waals surface area (Å²) in [5.41, 5.74) is 0.438. The standard InChI is InChI=1S/C19H36N4O2/c1-18(2)14-23(19(18,3)4)17(20-5)21-12-16(15-6-9-25-13-15)22-7-10-24-11-8-22/h15-16H,6-14H2,1-5H3,(H,20,21). The van der Waals surface area contributed by atoms with Crippen LogP contribution in [0.25, 0.3) is 0 Å². The summed E-state index contributed by atoms with van der Waals surface area (Å²) in [7, 11) is 1.89. The van der Waals surface area contributed by atoms with E-state index in [1.807, 2.05) is 7.05 Å². The maximum atomic E-state index is 5.68. The zero-order chi connectivity index (χ0) is 18.1. The first kappa shape index (κ1) is 18.9. The highest BCUT2D eigenvalue weighted by atomic mass is 16.5. The lowest BCUT2D eigenvalue weighted by Gasteiger charge is -2.62. The molecule has 0 radical (unpaired) electrons. The summed E-state index contributed by atoms with van der Waals surface area (Å²) in [4.78, 5) is 9.56. The molecule has 3 aliphatic heterocycles. The van der Waals surface area contributed by atoms with Gasteiger partial charge in [0.25, 0.3) is 0 Å². The molecule has 0 bridgehead atoms. The first-order valence-corrected chi connectivity index (χ1v) is 9.74. The van der Waals surface area contributed by atoms with Crippen molar-refractivity contribution in [2.24, 2.45) is 16.3 Å². The van der Waals surface area contributed by atoms with Gasteiger partial charge < -0.3 is 19.7 Å². The van der Waals surface area contributed by atoms with Crippen molar-refractivity contribution in [3.63, 3.8) is 0 Å². The van der Waals surface area contributed by atoms with Crippen molar-refractivity contribution < 1.29 is 9.47 Å². The summed E-state index contributed by atoms with van der Waals surface area (Å²) in [6.07, 6.45) is 1.16. The van der Waals surface area contributed by atoms with Gasteiger partial charge >= 0.3 is 0 Å². The Morgan fingerprint density at radius 2 is 1.88 bits per heavy atom. The van der Waals surface area contributed by atoms with Crippen LogP contribution in [0.1, 0.15) is 34.1 Å². The second-order valence-electron chi connectivity index (χ2n) is 8.80. The molecule has 2 unspecified atom stereocenters. The third-order valence-corrected chi connectivity index (χ3v) is 6.84. The van der Waals surface area contributed by atoms with Gasteiger partial charge in [0.05, 0.1) is 19.8 Å². The molecule has 0 saturated carbocycles. The Hall–Kier alpha value is -0.850. The van der Waals surface area contributed by atoms with Gasteiger partial charge in [0.15, 0.2) is 5.96 Å². The second kappa shape index (κ2) is 7.41. The normalized spacial score (nSPS) is 30.8. The van der Waals surface area contributed by atoms with Crippen LogP contribution in [0.15, 0.2) is 4.99 Å². The number of likely N-dealkylation sites (tertiary alicyclic amines) is 1. The first-order chi connectivity index (χ1) is 11.9. The SMILES string of the molecule is CN=C(NCC(C1CCOC1)N1CCOCC1)N1CC(C)(C)C1(C)C. The fourth-order valence-electron chi connectivity index (χ4n) is 4.25. The molecule has 1 N–H and O–H groups in total. The fraction of sp³-hybridized carbons (Fsp3) is 0.947. The summed E-state index contributed by atoms with van der Waals surface area (Å²) in [6, 6.07) is 0.487. The minimum Gasteiger partial charge on any atom is -0.381 e. The minimum atomic E-state index is 0.125. The van der Waals surface area contributed by atoms with Gasteiger partial charge in [-0.3, -0.25) is 9.89 Å². The van der Waals surface area contributed by atoms with Crippen molar-refractivity contribution in [1.82, 2.24) is 15.1 Å². The van der Waals surface area contributed by atoms with Crippen LogP contribution in [0.4, 0.5) is 0 Å². The second-order valence-corrected chi connectivity index (χ2v) is 8.80. The number of aliphatic imine (C=N–C) groups is 1. The minimum absolute atomic E-state index is 0.125. The van der Waals surface area contributed by atoms with Crippen molar-refractivity contribution in [3.8, 4) is 0 Å². The third-order valence-electron chi connectivity index (χ3n) is 6.84. The van der Waals surface area contributed by atoms with Crippen molar-refractivity contribution in [2.75, 3.05) is 59.7 Å². The molecule has 0 aromatic carbocycles. The van der Waals surface area contributed by atoms with Gasteiger partial charge in [-0.2, -0.15) is 0 Å². The Morgan fingerprint density at radius 1 is 1.16 bits per heavy atom. The number of nitrogens with zero attached hydrogens (tertiary/aromatic N) is 3. The Morgan fingerprint density at radius 3 is 2.40 bits per heavy atom. The largest absolute Gasteiger partial charge is 0.381 e. The number of guanidine groups is 1. The molecule has 25 heavy (non-hydrogen) atoms. The molecule has 0 aliphatic carbocycles. The van der Waals surface area contributed by atoms with Crippen molar-refractivity contribution in [2.45, 2.75) is 45.7 Å². The van der Waals surface area contributed by atoms with E-state index in [1.165, 1.54) is 0 Å². The highest BCUT2D eigenvalue weighted by Gasteiger charge is 2.53. The Labute approximate surface area is 152 Å². The van der Waals surface area contributed by atoms with Crippen molar-refractivity contribution in [3.05, 3.63) is 0 Å². The molecule has 3 aliphatic rings. The van der Waals surface area contributed by atoms with E-state index < -0.39 is 0 Å². The molecule has 0 amide bonds. The number of rotatable bonds is 4. The monoisotopic (exact) mass is 352 g/mol. The van der Waals surface area contributed by atoms with Gasteiger partial charge in [-0.05, 0) is 20.3 Å². The Kier molecular flexibility index (Phi) is 5.61. The van der Waals surface area contributed by atoms with Crippen LogP contribution in [0.5, 0.6) is 0 Å². The van der Waals surface area contributed by atoms with Gasteiger partial charge in [-0.1, -0.05) is 13.8 Å². The molecular weight excluding hydrogens is 316 g/mol. The van der Waals surface area contributed by atoms with E-state index in [0.717, 1.165) is 65.0 Å². The van der Waals surface area contributed by atoms with Gasteiger partial charge in [-0.25, -0.2) is 0 Å². The van der Waals surface area contributed by atoms with Crippen LogP contribution in [-0.2, 0) is 9.47 Å². The molecule has 0 aromatic heterocycles. The van der Waals surface area contributed by atoms with Gasteiger partial charge in [0, 0.05) is 62.7 Å². The summed E-state index contributed by atoms with van der Waals surface area (Å²) in [6.45, 7) is 16.8. The van der Waals surface area contributed by atoms with E-state index >= 15 is 0 Å². The molecule has 6 nitrogen and oxygen atoms in total. The molecule has 3 saturated heterocycles. The molecule has 0 aromatic rings. The zero-order valence-electron chi connectivity index (χ0n) is 16.7. The average molecular weight is 353 g/mol. The maximum absolute atomic E-state index is 5.68. The molecule has 3 heterocycles. The first-order valence-electron chi connectivity index (χ1n) is 9.74. The molecule has 3 fully saturated rings. The third kappa shape index (κ3) is 3.67. The fourth-order valence-corrected chi connectivity index (χ4v) is 4.25. The highest BCUT2D eigenvalue weighted by molar-refractivity contribution is 5.82. The van der Waals surface area contributed by atoms with Crippen molar-refractivity contribution in [1.29, 1.82) is 0 Å². The molecule has 3 rings (SSSR count). The Bertz CT molecular complexity index is 480. The number of hydrogen-bond acceptors (Lipinski definition) is 4. The molecular formula is C19H36N4O2. The summed E-state index contributed by atoms with van der Waals surface area (Å²) < 4.78 is 11.2. The maximum Gasteiger partial charge on any atom is 0.194 e. The zero-order valence-corrected chi connectivity index (χ0v) is 16.7.